The minimum absolute atomic E-state index is 0.0136. The Morgan fingerprint density at radius 1 is 0.960 bits per heavy atom. The van der Waals surface area contributed by atoms with E-state index in [1.807, 2.05) is 48.5 Å². The van der Waals surface area contributed by atoms with Crippen LogP contribution in [0.1, 0.15) is 12.8 Å². The maximum Gasteiger partial charge on any atom is 0.153 e. The Bertz CT molecular complexity index is 843. The Morgan fingerprint density at radius 3 is 2.44 bits per heavy atom. The van der Waals surface area contributed by atoms with Gasteiger partial charge in [0.1, 0.15) is 11.5 Å². The van der Waals surface area contributed by atoms with Gasteiger partial charge in [-0.1, -0.05) is 42.5 Å². The van der Waals surface area contributed by atoms with Gasteiger partial charge >= 0.3 is 0 Å². The number of hydrogen-bond donors (Lipinski definition) is 0. The first kappa shape index (κ1) is 16.5. The van der Waals surface area contributed by atoms with Gasteiger partial charge in [-0.25, -0.2) is 0 Å². The molecule has 0 aromatic heterocycles. The van der Waals surface area contributed by atoms with Crippen LogP contribution >= 0.6 is 7.14 Å². The molecule has 2 aromatic carbocycles. The van der Waals surface area contributed by atoms with Crippen molar-refractivity contribution in [1.82, 2.24) is 0 Å². The van der Waals surface area contributed by atoms with Gasteiger partial charge in [0, 0.05) is 11.0 Å². The maximum absolute atomic E-state index is 14.6. The lowest BCUT2D eigenvalue weighted by Crippen LogP contribution is -2.27. The van der Waals surface area contributed by atoms with Crippen LogP contribution in [0.15, 0.2) is 60.7 Å². The number of methoxy groups -OCH3 is 2. The molecule has 0 heterocycles. The average molecular weight is 354 g/mol. The van der Waals surface area contributed by atoms with Crippen molar-refractivity contribution >= 4 is 17.8 Å². The van der Waals surface area contributed by atoms with Crippen LogP contribution in [0.3, 0.4) is 0 Å². The Labute approximate surface area is 149 Å². The van der Waals surface area contributed by atoms with Gasteiger partial charge < -0.3 is 14.0 Å². The zero-order valence-corrected chi connectivity index (χ0v) is 15.5. The van der Waals surface area contributed by atoms with Crippen LogP contribution in [0.5, 0.6) is 11.5 Å². The summed E-state index contributed by atoms with van der Waals surface area (Å²) in [6.45, 7) is 0. The van der Waals surface area contributed by atoms with Gasteiger partial charge in [0.2, 0.25) is 0 Å². The normalized spacial score (nSPS) is 26.4. The third-order valence-electron chi connectivity index (χ3n) is 5.45. The lowest BCUT2D eigenvalue weighted by atomic mass is 10.1. The van der Waals surface area contributed by atoms with Crippen molar-refractivity contribution in [2.24, 2.45) is 11.8 Å². The molecule has 1 fully saturated rings. The molecule has 4 atom stereocenters. The van der Waals surface area contributed by atoms with Crippen LogP contribution < -0.4 is 20.1 Å². The maximum atomic E-state index is 14.6. The molecule has 0 N–H and O–H groups in total. The fraction of sp³-hybridized carbons (Fsp3) is 0.333. The number of hydrogen-bond acceptors (Lipinski definition) is 3. The van der Waals surface area contributed by atoms with Gasteiger partial charge in [0.05, 0.1) is 19.5 Å². The molecule has 0 amide bonds. The van der Waals surface area contributed by atoms with Crippen LogP contribution in [0.2, 0.25) is 0 Å². The van der Waals surface area contributed by atoms with Crippen LogP contribution in [-0.4, -0.2) is 19.9 Å². The molecule has 0 saturated heterocycles. The molecule has 2 aliphatic carbocycles. The highest BCUT2D eigenvalue weighted by Crippen LogP contribution is 2.59. The lowest BCUT2D eigenvalue weighted by Gasteiger charge is -2.29. The molecule has 2 aliphatic rings. The summed E-state index contributed by atoms with van der Waals surface area (Å²) in [5.41, 5.74) is 0.0136. The van der Waals surface area contributed by atoms with Gasteiger partial charge in [-0.3, -0.25) is 0 Å². The molecule has 0 bridgehead atoms. The third-order valence-corrected chi connectivity index (χ3v) is 8.90. The summed E-state index contributed by atoms with van der Waals surface area (Å²) in [5.74, 6) is 2.76. The highest BCUT2D eigenvalue weighted by atomic mass is 31.2. The lowest BCUT2D eigenvalue weighted by molar-refractivity contribution is 0.405. The molecule has 130 valence electrons. The summed E-state index contributed by atoms with van der Waals surface area (Å²) in [7, 11) is 0.370. The second kappa shape index (κ2) is 6.38. The van der Waals surface area contributed by atoms with Crippen LogP contribution in [0, 0.1) is 11.8 Å². The molecule has 2 aromatic rings. The quantitative estimate of drug-likeness (QED) is 0.602. The number of ether oxygens (including phenoxy) is 2. The number of fused-ring (bicyclic) bond motifs is 1. The van der Waals surface area contributed by atoms with Crippen molar-refractivity contribution in [3.63, 3.8) is 0 Å². The van der Waals surface area contributed by atoms with E-state index in [-0.39, 0.29) is 5.66 Å². The van der Waals surface area contributed by atoms with Crippen molar-refractivity contribution in [3.05, 3.63) is 60.7 Å². The second-order valence-corrected chi connectivity index (χ2v) is 9.86. The molecule has 4 rings (SSSR count). The van der Waals surface area contributed by atoms with E-state index in [2.05, 4.69) is 12.2 Å². The SMILES string of the molecule is COc1ccc(OC)c(P(=O)(c2ccccc2)C2C=CC3C[C@@H]3C2)c1. The monoisotopic (exact) mass is 354 g/mol. The smallest absolute Gasteiger partial charge is 0.153 e. The van der Waals surface area contributed by atoms with Gasteiger partial charge in [-0.05, 0) is 42.9 Å². The summed E-state index contributed by atoms with van der Waals surface area (Å²) in [6, 6.07) is 15.4. The van der Waals surface area contributed by atoms with E-state index in [0.717, 1.165) is 17.0 Å². The van der Waals surface area contributed by atoms with E-state index in [1.54, 1.807) is 14.2 Å². The molecular weight excluding hydrogens is 331 g/mol. The fourth-order valence-corrected chi connectivity index (χ4v) is 7.28. The van der Waals surface area contributed by atoms with E-state index < -0.39 is 7.14 Å². The van der Waals surface area contributed by atoms with Gasteiger partial charge in [-0.2, -0.15) is 0 Å². The van der Waals surface area contributed by atoms with E-state index in [4.69, 9.17) is 9.47 Å². The topological polar surface area (TPSA) is 35.5 Å². The van der Waals surface area contributed by atoms with E-state index in [0.29, 0.717) is 23.3 Å². The Hall–Kier alpha value is -1.99. The first-order chi connectivity index (χ1) is 12.2. The van der Waals surface area contributed by atoms with Gasteiger partial charge in [0.15, 0.2) is 7.14 Å². The zero-order valence-electron chi connectivity index (χ0n) is 14.6. The zero-order chi connectivity index (χ0) is 17.4. The molecular formula is C21H23O3P. The van der Waals surface area contributed by atoms with Gasteiger partial charge in [-0.15, -0.1) is 0 Å². The third kappa shape index (κ3) is 2.81. The molecule has 1 saturated carbocycles. The number of rotatable bonds is 5. The summed E-state index contributed by atoms with van der Waals surface area (Å²) < 4.78 is 25.6. The predicted molar refractivity (Wildman–Crippen MR) is 102 cm³/mol. The molecule has 0 aliphatic heterocycles. The largest absolute Gasteiger partial charge is 0.497 e. The van der Waals surface area contributed by atoms with E-state index >= 15 is 0 Å². The van der Waals surface area contributed by atoms with Crippen LogP contribution in [0.25, 0.3) is 0 Å². The standard InChI is InChI=1S/C21H23O3P/c1-23-17-9-11-20(24-2)21(14-17)25(22,18-6-4-3-5-7-18)19-10-8-15-12-16(15)13-19/h3-11,14-16,19H,12-13H2,1-2H3/t15?,16-,19?,25?/m1/s1. The molecule has 3 unspecified atom stereocenters. The van der Waals surface area contributed by atoms with Gasteiger partial charge in [0.25, 0.3) is 0 Å². The summed E-state index contributed by atoms with van der Waals surface area (Å²) in [5, 5.41) is 1.64. The minimum atomic E-state index is -2.90. The Balaban J connectivity index is 1.91. The van der Waals surface area contributed by atoms with Crippen molar-refractivity contribution in [2.75, 3.05) is 14.2 Å². The van der Waals surface area contributed by atoms with Crippen LogP contribution in [0.4, 0.5) is 0 Å². The molecule has 0 radical (unpaired) electrons. The van der Waals surface area contributed by atoms with Crippen molar-refractivity contribution in [2.45, 2.75) is 18.5 Å². The van der Waals surface area contributed by atoms with E-state index in [9.17, 15) is 4.57 Å². The van der Waals surface area contributed by atoms with Crippen LogP contribution in [-0.2, 0) is 4.57 Å². The average Bonchev–Trinajstić information content (AvgIpc) is 3.46. The Kier molecular flexibility index (Phi) is 4.21. The highest BCUT2D eigenvalue weighted by Gasteiger charge is 2.46. The fourth-order valence-electron chi connectivity index (χ4n) is 3.92. The number of benzene rings is 2. The van der Waals surface area contributed by atoms with Crippen molar-refractivity contribution in [3.8, 4) is 11.5 Å². The molecule has 3 nitrogen and oxygen atoms in total. The summed E-state index contributed by atoms with van der Waals surface area (Å²) >= 11 is 0. The minimum Gasteiger partial charge on any atom is -0.497 e. The molecule has 4 heteroatoms. The Morgan fingerprint density at radius 2 is 1.76 bits per heavy atom. The number of allylic oxidation sites excluding steroid dienone is 2. The molecule has 0 spiro atoms. The first-order valence-corrected chi connectivity index (χ1v) is 10.5. The second-order valence-electron chi connectivity index (χ2n) is 6.88. The highest BCUT2D eigenvalue weighted by molar-refractivity contribution is 7.79. The summed E-state index contributed by atoms with van der Waals surface area (Å²) in [4.78, 5) is 0. The van der Waals surface area contributed by atoms with Crippen molar-refractivity contribution in [1.29, 1.82) is 0 Å². The summed E-state index contributed by atoms with van der Waals surface area (Å²) in [6.07, 6.45) is 6.66. The first-order valence-electron chi connectivity index (χ1n) is 8.73. The predicted octanol–water partition coefficient (Wildman–Crippen LogP) is 3.98. The van der Waals surface area contributed by atoms with Crippen molar-refractivity contribution < 1.29 is 14.0 Å². The van der Waals surface area contributed by atoms with E-state index in [1.165, 1.54) is 6.42 Å². The molecule has 25 heavy (non-hydrogen) atoms.